The number of hydrogen-bond donors (Lipinski definition) is 3. The second-order valence-corrected chi connectivity index (χ2v) is 6.32. The highest BCUT2D eigenvalue weighted by Crippen LogP contribution is 2.30. The van der Waals surface area contributed by atoms with E-state index in [0.717, 1.165) is 0 Å². The Morgan fingerprint density at radius 1 is 1.04 bits per heavy atom. The van der Waals surface area contributed by atoms with Crippen molar-refractivity contribution in [1.82, 2.24) is 5.32 Å². The minimum absolute atomic E-state index is 0.0154. The fraction of sp³-hybridized carbons (Fsp3) is 0.118. The van der Waals surface area contributed by atoms with Crippen LogP contribution in [0.2, 0.25) is 10.0 Å². The fourth-order valence-corrected chi connectivity index (χ4v) is 2.83. The number of benzene rings is 2. The highest BCUT2D eigenvalue weighted by atomic mass is 35.5. The number of halogens is 2. The first-order valence-electron chi connectivity index (χ1n) is 7.33. The minimum Gasteiger partial charge on any atom is -0.493 e. The van der Waals surface area contributed by atoms with E-state index in [0.29, 0.717) is 11.5 Å². The highest BCUT2D eigenvalue weighted by molar-refractivity contribution is 7.80. The van der Waals surface area contributed by atoms with Crippen LogP contribution in [0.15, 0.2) is 30.3 Å². The average Bonchev–Trinajstić information content (AvgIpc) is 2.62. The molecule has 142 valence electrons. The van der Waals surface area contributed by atoms with Crippen LogP contribution in [0.25, 0.3) is 0 Å². The summed E-state index contributed by atoms with van der Waals surface area (Å²) in [7, 11) is 2.94. The molecule has 0 radical (unpaired) electrons. The number of hydrogen-bond acceptors (Lipinski definition) is 5. The summed E-state index contributed by atoms with van der Waals surface area (Å²) in [5, 5.41) is 14.3. The molecule has 2 rings (SSSR count). The van der Waals surface area contributed by atoms with Gasteiger partial charge in [-0.15, -0.1) is 0 Å². The zero-order valence-electron chi connectivity index (χ0n) is 14.1. The van der Waals surface area contributed by atoms with Gasteiger partial charge < -0.3 is 19.9 Å². The van der Waals surface area contributed by atoms with Crippen molar-refractivity contribution in [2.24, 2.45) is 0 Å². The van der Waals surface area contributed by atoms with Crippen molar-refractivity contribution < 1.29 is 24.2 Å². The van der Waals surface area contributed by atoms with E-state index in [4.69, 9.17) is 50.0 Å². The lowest BCUT2D eigenvalue weighted by Crippen LogP contribution is -2.34. The second-order valence-electron chi connectivity index (χ2n) is 5.10. The molecule has 0 aromatic heterocycles. The molecule has 2 aromatic rings. The molecular weight excluding hydrogens is 415 g/mol. The van der Waals surface area contributed by atoms with Gasteiger partial charge in [-0.1, -0.05) is 23.2 Å². The molecule has 0 spiro atoms. The van der Waals surface area contributed by atoms with Crippen LogP contribution in [-0.2, 0) is 0 Å². The predicted molar refractivity (Wildman–Crippen MR) is 107 cm³/mol. The van der Waals surface area contributed by atoms with Crippen LogP contribution >= 0.6 is 35.4 Å². The molecule has 0 heterocycles. The van der Waals surface area contributed by atoms with E-state index in [1.165, 1.54) is 38.5 Å². The summed E-state index contributed by atoms with van der Waals surface area (Å²) < 4.78 is 10.3. The lowest BCUT2D eigenvalue weighted by atomic mass is 10.2. The van der Waals surface area contributed by atoms with Crippen LogP contribution in [0.5, 0.6) is 11.5 Å². The van der Waals surface area contributed by atoms with E-state index in [1.807, 2.05) is 0 Å². The molecule has 0 saturated heterocycles. The number of methoxy groups -OCH3 is 2. The first-order valence-corrected chi connectivity index (χ1v) is 8.50. The fourth-order valence-electron chi connectivity index (χ4n) is 2.11. The van der Waals surface area contributed by atoms with E-state index in [9.17, 15) is 9.59 Å². The summed E-state index contributed by atoms with van der Waals surface area (Å²) in [4.78, 5) is 23.5. The topological polar surface area (TPSA) is 96.9 Å². The number of carboxylic acids is 1. The number of carbonyl (C=O) groups is 2. The van der Waals surface area contributed by atoms with Gasteiger partial charge in [-0.25, -0.2) is 4.79 Å². The van der Waals surface area contributed by atoms with Gasteiger partial charge in [-0.3, -0.25) is 10.1 Å². The molecule has 0 bridgehead atoms. The molecule has 0 aliphatic rings. The zero-order chi connectivity index (χ0) is 20.1. The molecule has 1 amide bonds. The van der Waals surface area contributed by atoms with Gasteiger partial charge in [0.25, 0.3) is 5.91 Å². The largest absolute Gasteiger partial charge is 0.493 e. The molecule has 2 aromatic carbocycles. The van der Waals surface area contributed by atoms with Gasteiger partial charge in [-0.2, -0.15) is 0 Å². The molecule has 10 heteroatoms. The Morgan fingerprint density at radius 3 is 2.30 bits per heavy atom. The standard InChI is InChI=1S/C17H14Cl2N2O5S/c1-25-13-4-3-8(5-14(13)26-2)15(22)21-17(27)20-12-6-9(16(23)24)10(18)7-11(12)19/h3-7H,1-2H3,(H,23,24)(H2,20,21,22,27). The maximum Gasteiger partial charge on any atom is 0.337 e. The molecule has 0 fully saturated rings. The maximum atomic E-state index is 12.3. The number of carboxylic acid groups (broad SMARTS) is 1. The maximum absolute atomic E-state index is 12.3. The van der Waals surface area contributed by atoms with E-state index in [1.54, 1.807) is 6.07 Å². The Labute approximate surface area is 170 Å². The first-order chi connectivity index (χ1) is 12.8. The summed E-state index contributed by atoms with van der Waals surface area (Å²) in [5.74, 6) is -0.864. The van der Waals surface area contributed by atoms with Crippen LogP contribution in [-0.4, -0.2) is 36.3 Å². The van der Waals surface area contributed by atoms with Crippen LogP contribution in [0.1, 0.15) is 20.7 Å². The molecule has 3 N–H and O–H groups in total. The van der Waals surface area contributed by atoms with Gasteiger partial charge in [0, 0.05) is 5.56 Å². The van der Waals surface area contributed by atoms with Gasteiger partial charge >= 0.3 is 5.97 Å². The highest BCUT2D eigenvalue weighted by Gasteiger charge is 2.16. The summed E-state index contributed by atoms with van der Waals surface area (Å²) in [6, 6.07) is 7.11. The van der Waals surface area contributed by atoms with Gasteiger partial charge in [-0.05, 0) is 42.5 Å². The number of nitrogens with one attached hydrogen (secondary N) is 2. The van der Waals surface area contributed by atoms with Gasteiger partial charge in [0.2, 0.25) is 0 Å². The smallest absolute Gasteiger partial charge is 0.337 e. The molecule has 0 unspecified atom stereocenters. The van der Waals surface area contributed by atoms with Crippen molar-refractivity contribution in [3.05, 3.63) is 51.5 Å². The monoisotopic (exact) mass is 428 g/mol. The van der Waals surface area contributed by atoms with E-state index in [-0.39, 0.29) is 32.0 Å². The second kappa shape index (κ2) is 8.90. The van der Waals surface area contributed by atoms with E-state index >= 15 is 0 Å². The average molecular weight is 429 g/mol. The Hall–Kier alpha value is -2.55. The molecule has 0 saturated carbocycles. The molecule has 0 aliphatic heterocycles. The molecule has 0 aliphatic carbocycles. The third kappa shape index (κ3) is 5.00. The Kier molecular flexibility index (Phi) is 6.84. The van der Waals surface area contributed by atoms with Crippen molar-refractivity contribution in [1.29, 1.82) is 0 Å². The number of ether oxygens (including phenoxy) is 2. The number of anilines is 1. The lowest BCUT2D eigenvalue weighted by Gasteiger charge is -2.13. The Bertz CT molecular complexity index is 920. The third-order valence-corrected chi connectivity index (χ3v) is 4.24. The van der Waals surface area contributed by atoms with Crippen molar-refractivity contribution in [3.8, 4) is 11.5 Å². The summed E-state index contributed by atoms with van der Waals surface area (Å²) in [5.41, 5.74) is 0.318. The summed E-state index contributed by atoms with van der Waals surface area (Å²) in [6.07, 6.45) is 0. The van der Waals surface area contributed by atoms with Crippen molar-refractivity contribution >= 4 is 58.1 Å². The number of carbonyl (C=O) groups excluding carboxylic acids is 1. The number of thiocarbonyl (C=S) groups is 1. The van der Waals surface area contributed by atoms with Crippen LogP contribution in [0.3, 0.4) is 0 Å². The number of aromatic carboxylic acids is 1. The molecular formula is C17H14Cl2N2O5S. The zero-order valence-corrected chi connectivity index (χ0v) is 16.5. The number of rotatable bonds is 5. The van der Waals surface area contributed by atoms with Crippen LogP contribution < -0.4 is 20.1 Å². The van der Waals surface area contributed by atoms with Crippen molar-refractivity contribution in [3.63, 3.8) is 0 Å². The Balaban J connectivity index is 2.15. The lowest BCUT2D eigenvalue weighted by molar-refractivity contribution is 0.0697. The first kappa shape index (κ1) is 20.8. The SMILES string of the molecule is COc1ccc(C(=O)NC(=S)Nc2cc(C(=O)O)c(Cl)cc2Cl)cc1OC. The van der Waals surface area contributed by atoms with Crippen LogP contribution in [0, 0.1) is 0 Å². The normalized spacial score (nSPS) is 10.1. The van der Waals surface area contributed by atoms with E-state index < -0.39 is 11.9 Å². The summed E-state index contributed by atoms with van der Waals surface area (Å²) >= 11 is 17.0. The van der Waals surface area contributed by atoms with Crippen molar-refractivity contribution in [2.75, 3.05) is 19.5 Å². The van der Waals surface area contributed by atoms with Gasteiger partial charge in [0.15, 0.2) is 16.6 Å². The summed E-state index contributed by atoms with van der Waals surface area (Å²) in [6.45, 7) is 0. The molecule has 0 atom stereocenters. The van der Waals surface area contributed by atoms with Gasteiger partial charge in [0.1, 0.15) is 0 Å². The molecule has 27 heavy (non-hydrogen) atoms. The van der Waals surface area contributed by atoms with E-state index in [2.05, 4.69) is 10.6 Å². The Morgan fingerprint density at radius 2 is 1.70 bits per heavy atom. The van der Waals surface area contributed by atoms with Crippen LogP contribution in [0.4, 0.5) is 5.69 Å². The third-order valence-electron chi connectivity index (χ3n) is 3.41. The molecule has 7 nitrogen and oxygen atoms in total. The van der Waals surface area contributed by atoms with Crippen molar-refractivity contribution in [2.45, 2.75) is 0 Å². The quantitative estimate of drug-likeness (QED) is 0.622. The van der Waals surface area contributed by atoms with Gasteiger partial charge in [0.05, 0.1) is 35.5 Å². The predicted octanol–water partition coefficient (Wildman–Crippen LogP) is 3.84. The number of amides is 1. The minimum atomic E-state index is -1.22.